The molecule has 196 valence electrons. The zero-order valence-corrected chi connectivity index (χ0v) is 21.4. The zero-order valence-electron chi connectivity index (χ0n) is 21.4. The van der Waals surface area contributed by atoms with E-state index in [0.29, 0.717) is 18.8 Å². The minimum Gasteiger partial charge on any atom is -0.480 e. The number of carboxylic acid groups (broad SMARTS) is 1. The van der Waals surface area contributed by atoms with E-state index >= 15 is 0 Å². The van der Waals surface area contributed by atoms with E-state index in [0.717, 1.165) is 80.6 Å². The summed E-state index contributed by atoms with van der Waals surface area (Å²) in [5.74, 6) is 0.772. The van der Waals surface area contributed by atoms with Crippen LogP contribution in [-0.2, 0) is 22.4 Å². The molecule has 0 spiro atoms. The van der Waals surface area contributed by atoms with E-state index in [1.807, 2.05) is 30.3 Å². The maximum Gasteiger partial charge on any atom is 0.326 e. The second-order valence-corrected chi connectivity index (χ2v) is 10.1. The molecule has 0 radical (unpaired) electrons. The molecular weight excluding hydrogens is 466 g/mol. The number of hydrogen-bond donors (Lipinski definition) is 3. The van der Waals surface area contributed by atoms with Crippen molar-refractivity contribution < 1.29 is 14.6 Å². The molecule has 2 aliphatic heterocycles. The summed E-state index contributed by atoms with van der Waals surface area (Å²) >= 11 is 0. The van der Waals surface area contributed by atoms with Gasteiger partial charge in [0.15, 0.2) is 0 Å². The van der Waals surface area contributed by atoms with Crippen molar-refractivity contribution in [2.75, 3.05) is 43.4 Å². The van der Waals surface area contributed by atoms with Gasteiger partial charge < -0.3 is 25.4 Å². The van der Waals surface area contributed by atoms with Crippen LogP contribution in [0.3, 0.4) is 0 Å². The average molecular weight is 504 g/mol. The summed E-state index contributed by atoms with van der Waals surface area (Å²) in [7, 11) is 0. The Bertz CT molecular complexity index is 1200. The molecule has 2 aromatic heterocycles. The highest BCUT2D eigenvalue weighted by molar-refractivity contribution is 5.93. The van der Waals surface area contributed by atoms with E-state index in [4.69, 9.17) is 9.72 Å². The van der Waals surface area contributed by atoms with E-state index in [-0.39, 0.29) is 6.10 Å². The summed E-state index contributed by atoms with van der Waals surface area (Å²) in [5, 5.41) is 18.3. The highest BCUT2D eigenvalue weighted by Gasteiger charge is 2.23. The third kappa shape index (κ3) is 6.76. The number of aromatic nitrogens is 2. The Morgan fingerprint density at radius 3 is 3.05 bits per heavy atom. The van der Waals surface area contributed by atoms with E-state index in [9.17, 15) is 9.90 Å². The SMILES string of the molecule is O=C(O)[C@@H](CCO[C@H]1CCCN(CCCc2ccc3c(n2)NCCC3)C1)Nc1nccc2ccccc12. The number of fused-ring (bicyclic) bond motifs is 2. The monoisotopic (exact) mass is 503 g/mol. The molecule has 1 aromatic carbocycles. The van der Waals surface area contributed by atoms with Crippen molar-refractivity contribution in [2.45, 2.75) is 57.1 Å². The van der Waals surface area contributed by atoms with Crippen molar-refractivity contribution in [1.82, 2.24) is 14.9 Å². The number of nitrogens with one attached hydrogen (secondary N) is 2. The van der Waals surface area contributed by atoms with Crippen molar-refractivity contribution in [3.8, 4) is 0 Å². The Labute approximate surface area is 218 Å². The van der Waals surface area contributed by atoms with Gasteiger partial charge in [-0.25, -0.2) is 14.8 Å². The van der Waals surface area contributed by atoms with E-state index < -0.39 is 12.0 Å². The molecule has 2 aliphatic rings. The van der Waals surface area contributed by atoms with Gasteiger partial charge in [0.2, 0.25) is 0 Å². The Morgan fingerprint density at radius 2 is 2.14 bits per heavy atom. The molecule has 0 bridgehead atoms. The molecule has 5 rings (SSSR count). The Kier molecular flexibility index (Phi) is 8.48. The number of carbonyl (C=O) groups is 1. The Balaban J connectivity index is 1.06. The standard InChI is InChI=1S/C29H37N5O3/c35-29(36)26(33-28-25-10-2-1-6-21(25)13-16-31-28)14-19-37-24-9-5-18-34(20-24)17-4-8-23-12-11-22-7-3-15-30-27(22)32-23/h1-2,6,10-13,16,24,26H,3-5,7-9,14-15,17-20H2,(H,30,32)(H,31,33)(H,35,36)/t24-,26+/m0/s1. The van der Waals surface area contributed by atoms with Crippen LogP contribution in [0.25, 0.3) is 10.8 Å². The minimum absolute atomic E-state index is 0.143. The number of anilines is 2. The highest BCUT2D eigenvalue weighted by Crippen LogP contribution is 2.23. The van der Waals surface area contributed by atoms with Gasteiger partial charge in [-0.1, -0.05) is 30.3 Å². The van der Waals surface area contributed by atoms with E-state index in [2.05, 4.69) is 32.7 Å². The maximum atomic E-state index is 11.9. The van der Waals surface area contributed by atoms with Gasteiger partial charge in [0, 0.05) is 43.4 Å². The van der Waals surface area contributed by atoms with Crippen LogP contribution in [0.2, 0.25) is 0 Å². The zero-order chi connectivity index (χ0) is 25.5. The fraction of sp³-hybridized carbons (Fsp3) is 0.483. The molecule has 3 N–H and O–H groups in total. The number of rotatable bonds is 11. The van der Waals surface area contributed by atoms with Crippen LogP contribution in [-0.4, -0.2) is 70.9 Å². The number of aliphatic carboxylic acids is 1. The van der Waals surface area contributed by atoms with Crippen LogP contribution in [0.5, 0.6) is 0 Å². The lowest BCUT2D eigenvalue weighted by Gasteiger charge is -2.32. The first kappa shape index (κ1) is 25.4. The molecular formula is C29H37N5O3. The van der Waals surface area contributed by atoms with E-state index in [1.54, 1.807) is 6.20 Å². The quantitative estimate of drug-likeness (QED) is 0.355. The van der Waals surface area contributed by atoms with Crippen molar-refractivity contribution in [3.05, 3.63) is 59.9 Å². The van der Waals surface area contributed by atoms with Crippen LogP contribution >= 0.6 is 0 Å². The van der Waals surface area contributed by atoms with Crippen LogP contribution in [0.1, 0.15) is 43.4 Å². The summed E-state index contributed by atoms with van der Waals surface area (Å²) in [6, 6.07) is 13.4. The third-order valence-electron chi connectivity index (χ3n) is 7.36. The number of ether oxygens (including phenoxy) is 1. The van der Waals surface area contributed by atoms with Gasteiger partial charge >= 0.3 is 5.97 Å². The minimum atomic E-state index is -0.894. The number of piperidine rings is 1. The first-order valence-electron chi connectivity index (χ1n) is 13.6. The number of benzene rings is 1. The van der Waals surface area contributed by atoms with Gasteiger partial charge in [-0.3, -0.25) is 0 Å². The molecule has 8 heteroatoms. The topological polar surface area (TPSA) is 99.6 Å². The Hall–Kier alpha value is -3.23. The first-order valence-corrected chi connectivity index (χ1v) is 13.6. The normalized spacial score (nSPS) is 18.6. The smallest absolute Gasteiger partial charge is 0.326 e. The lowest BCUT2D eigenvalue weighted by Crippen LogP contribution is -2.41. The molecule has 0 amide bonds. The predicted molar refractivity (Wildman–Crippen MR) is 146 cm³/mol. The second kappa shape index (κ2) is 12.3. The fourth-order valence-electron chi connectivity index (χ4n) is 5.35. The van der Waals surface area contributed by atoms with Crippen LogP contribution < -0.4 is 10.6 Å². The molecule has 0 saturated carbocycles. The molecule has 8 nitrogen and oxygen atoms in total. The molecule has 0 aliphatic carbocycles. The highest BCUT2D eigenvalue weighted by atomic mass is 16.5. The van der Waals surface area contributed by atoms with Gasteiger partial charge in [-0.15, -0.1) is 0 Å². The number of likely N-dealkylation sites (tertiary alicyclic amines) is 1. The van der Waals surface area contributed by atoms with Crippen LogP contribution in [0.4, 0.5) is 11.6 Å². The van der Waals surface area contributed by atoms with Crippen molar-refractivity contribution in [1.29, 1.82) is 0 Å². The molecule has 1 fully saturated rings. The number of hydrogen-bond acceptors (Lipinski definition) is 7. The number of aryl methyl sites for hydroxylation is 2. The predicted octanol–water partition coefficient (Wildman–Crippen LogP) is 4.36. The second-order valence-electron chi connectivity index (χ2n) is 10.1. The van der Waals surface area contributed by atoms with E-state index in [1.165, 1.54) is 12.0 Å². The van der Waals surface area contributed by atoms with Crippen molar-refractivity contribution >= 4 is 28.4 Å². The molecule has 3 aromatic rings. The summed E-state index contributed by atoms with van der Waals surface area (Å²) in [5.41, 5.74) is 2.49. The third-order valence-corrected chi connectivity index (χ3v) is 7.36. The first-order chi connectivity index (χ1) is 18.2. The summed E-state index contributed by atoms with van der Waals surface area (Å²) < 4.78 is 6.16. The lowest BCUT2D eigenvalue weighted by molar-refractivity contribution is -0.138. The van der Waals surface area contributed by atoms with Crippen molar-refractivity contribution in [2.24, 2.45) is 0 Å². The summed E-state index contributed by atoms with van der Waals surface area (Å²) in [4.78, 5) is 23.6. The number of pyridine rings is 2. The maximum absolute atomic E-state index is 11.9. The largest absolute Gasteiger partial charge is 0.480 e. The number of nitrogens with zero attached hydrogens (tertiary/aromatic N) is 3. The molecule has 0 unspecified atom stereocenters. The molecule has 2 atom stereocenters. The molecule has 1 saturated heterocycles. The fourth-order valence-corrected chi connectivity index (χ4v) is 5.35. The van der Waals surface area contributed by atoms with Crippen LogP contribution in [0, 0.1) is 0 Å². The number of carboxylic acids is 1. The average Bonchev–Trinajstić information content (AvgIpc) is 2.93. The summed E-state index contributed by atoms with van der Waals surface area (Å²) in [6.45, 7) is 4.43. The molecule has 37 heavy (non-hydrogen) atoms. The van der Waals surface area contributed by atoms with Gasteiger partial charge in [0.05, 0.1) is 6.10 Å². The summed E-state index contributed by atoms with van der Waals surface area (Å²) in [6.07, 6.45) is 8.70. The van der Waals surface area contributed by atoms with Crippen LogP contribution in [0.15, 0.2) is 48.7 Å². The van der Waals surface area contributed by atoms with Gasteiger partial charge in [0.25, 0.3) is 0 Å². The lowest BCUT2D eigenvalue weighted by atomic mass is 10.1. The van der Waals surface area contributed by atoms with Gasteiger partial charge in [-0.2, -0.15) is 0 Å². The Morgan fingerprint density at radius 1 is 1.22 bits per heavy atom. The van der Waals surface area contributed by atoms with Gasteiger partial charge in [-0.05, 0) is 74.7 Å². The van der Waals surface area contributed by atoms with Gasteiger partial charge in [0.1, 0.15) is 17.7 Å². The molecule has 4 heterocycles. The van der Waals surface area contributed by atoms with Crippen molar-refractivity contribution in [3.63, 3.8) is 0 Å².